The third kappa shape index (κ3) is 1.33. The molecule has 2 nitrogen and oxygen atoms in total. The Morgan fingerprint density at radius 2 is 2.20 bits per heavy atom. The molecule has 1 aromatic carbocycles. The van der Waals surface area contributed by atoms with Crippen molar-refractivity contribution in [1.29, 1.82) is 0 Å². The van der Waals surface area contributed by atoms with Crippen molar-refractivity contribution >= 4 is 17.3 Å². The Balaban J connectivity index is 3.21. The molecule has 10 heavy (non-hydrogen) atoms. The third-order valence-electron chi connectivity index (χ3n) is 1.27. The highest BCUT2D eigenvalue weighted by Gasteiger charge is 1.96. The topological polar surface area (TPSA) is 29.4 Å². The maximum absolute atomic E-state index is 10.1. The molecule has 0 heterocycles. The molecular weight excluding hydrogens is 150 g/mol. The summed E-state index contributed by atoms with van der Waals surface area (Å²) in [7, 11) is 0. The second-order valence-electron chi connectivity index (χ2n) is 2.02. The third-order valence-corrected chi connectivity index (χ3v) is 1.50. The summed E-state index contributed by atoms with van der Waals surface area (Å²) < 4.78 is 0. The zero-order valence-corrected chi connectivity index (χ0v) is 6.22. The predicted octanol–water partition coefficient (Wildman–Crippen LogP) is 3.05. The van der Waals surface area contributed by atoms with Crippen LogP contribution in [0, 0.1) is 11.8 Å². The van der Waals surface area contributed by atoms with Gasteiger partial charge >= 0.3 is 0 Å². The molecule has 0 aliphatic carbocycles. The predicted molar refractivity (Wildman–Crippen MR) is 41.6 cm³/mol. The Morgan fingerprint density at radius 1 is 1.50 bits per heavy atom. The Hall–Kier alpha value is -0.890. The zero-order valence-electron chi connectivity index (χ0n) is 5.47. The van der Waals surface area contributed by atoms with Crippen LogP contribution >= 0.6 is 11.6 Å². The molecule has 0 spiro atoms. The fraction of sp³-hybridized carbons (Fsp3) is 0.143. The van der Waals surface area contributed by atoms with Gasteiger partial charge in [0.25, 0.3) is 0 Å². The quantitative estimate of drug-likeness (QED) is 0.573. The summed E-state index contributed by atoms with van der Waals surface area (Å²) in [6, 6.07) is 5.04. The largest absolute Gasteiger partial charge is 0.145 e. The van der Waals surface area contributed by atoms with Crippen molar-refractivity contribution in [2.24, 2.45) is 5.18 Å². The van der Waals surface area contributed by atoms with E-state index in [1.54, 1.807) is 18.2 Å². The van der Waals surface area contributed by atoms with E-state index in [2.05, 4.69) is 5.18 Å². The van der Waals surface area contributed by atoms with Crippen molar-refractivity contribution in [3.8, 4) is 0 Å². The molecule has 0 N–H and O–H groups in total. The van der Waals surface area contributed by atoms with E-state index in [0.717, 1.165) is 5.56 Å². The standard InChI is InChI=1S/C7H6ClNO/c1-5-2-3-6(8)4-7(5)9-10/h2-4H,1H3. The molecule has 3 heteroatoms. The SMILES string of the molecule is Cc1ccc(Cl)cc1N=O. The van der Waals surface area contributed by atoms with Crippen molar-refractivity contribution < 1.29 is 0 Å². The summed E-state index contributed by atoms with van der Waals surface area (Å²) in [4.78, 5) is 10.1. The van der Waals surface area contributed by atoms with E-state index in [-0.39, 0.29) is 0 Å². The van der Waals surface area contributed by atoms with Crippen LogP contribution in [0.25, 0.3) is 0 Å². The average Bonchev–Trinajstić information content (AvgIpc) is 1.94. The lowest BCUT2D eigenvalue weighted by molar-refractivity contribution is 1.39. The second kappa shape index (κ2) is 2.80. The van der Waals surface area contributed by atoms with Gasteiger partial charge in [0.1, 0.15) is 5.69 Å². The maximum Gasteiger partial charge on any atom is 0.112 e. The number of nitroso groups, excluding NO2 is 1. The number of nitrogens with zero attached hydrogens (tertiary/aromatic N) is 1. The molecule has 1 aromatic rings. The van der Waals surface area contributed by atoms with Gasteiger partial charge in [0, 0.05) is 5.02 Å². The van der Waals surface area contributed by atoms with E-state index in [1.165, 1.54) is 0 Å². The van der Waals surface area contributed by atoms with Gasteiger partial charge in [0.15, 0.2) is 0 Å². The molecule has 0 saturated heterocycles. The molecule has 52 valence electrons. The number of aryl methyl sites for hydroxylation is 1. The first kappa shape index (κ1) is 7.22. The van der Waals surface area contributed by atoms with Crippen LogP contribution in [-0.2, 0) is 0 Å². The van der Waals surface area contributed by atoms with Gasteiger partial charge in [-0.25, -0.2) is 0 Å². The van der Waals surface area contributed by atoms with Gasteiger partial charge in [-0.15, -0.1) is 4.91 Å². The summed E-state index contributed by atoms with van der Waals surface area (Å²) in [6.07, 6.45) is 0. The fourth-order valence-corrected chi connectivity index (χ4v) is 0.847. The lowest BCUT2D eigenvalue weighted by atomic mass is 10.2. The molecule has 0 saturated carbocycles. The minimum atomic E-state index is 0.410. The van der Waals surface area contributed by atoms with Crippen LogP contribution in [-0.4, -0.2) is 0 Å². The second-order valence-corrected chi connectivity index (χ2v) is 2.46. The number of halogens is 1. The minimum Gasteiger partial charge on any atom is -0.145 e. The molecule has 0 atom stereocenters. The van der Waals surface area contributed by atoms with E-state index < -0.39 is 0 Å². The number of hydrogen-bond donors (Lipinski definition) is 0. The zero-order chi connectivity index (χ0) is 7.56. The van der Waals surface area contributed by atoms with Gasteiger partial charge in [-0.05, 0) is 29.8 Å². The Labute approximate surface area is 63.8 Å². The summed E-state index contributed by atoms with van der Waals surface area (Å²) >= 11 is 5.60. The maximum atomic E-state index is 10.1. The summed E-state index contributed by atoms with van der Waals surface area (Å²) in [5, 5.41) is 3.34. The first-order chi connectivity index (χ1) is 4.74. The number of rotatable bonds is 1. The van der Waals surface area contributed by atoms with Crippen LogP contribution < -0.4 is 0 Å². The van der Waals surface area contributed by atoms with Crippen molar-refractivity contribution in [2.75, 3.05) is 0 Å². The highest BCUT2D eigenvalue weighted by Crippen LogP contribution is 2.22. The van der Waals surface area contributed by atoms with Crippen LogP contribution in [0.1, 0.15) is 5.56 Å². The fourth-order valence-electron chi connectivity index (χ4n) is 0.681. The van der Waals surface area contributed by atoms with Gasteiger partial charge < -0.3 is 0 Å². The monoisotopic (exact) mass is 155 g/mol. The van der Waals surface area contributed by atoms with Gasteiger partial charge in [-0.3, -0.25) is 0 Å². The molecule has 0 aromatic heterocycles. The molecule has 0 radical (unpaired) electrons. The van der Waals surface area contributed by atoms with E-state index in [0.29, 0.717) is 10.7 Å². The van der Waals surface area contributed by atoms with Crippen LogP contribution in [0.15, 0.2) is 23.4 Å². The van der Waals surface area contributed by atoms with E-state index in [1.807, 2.05) is 6.92 Å². The highest BCUT2D eigenvalue weighted by atomic mass is 35.5. The Kier molecular flexibility index (Phi) is 2.02. The molecular formula is C7H6ClNO. The molecule has 0 amide bonds. The van der Waals surface area contributed by atoms with Crippen molar-refractivity contribution in [3.63, 3.8) is 0 Å². The first-order valence-electron chi connectivity index (χ1n) is 2.83. The van der Waals surface area contributed by atoms with Gasteiger partial charge in [0.05, 0.1) is 0 Å². The first-order valence-corrected chi connectivity index (χ1v) is 3.21. The van der Waals surface area contributed by atoms with Crippen molar-refractivity contribution in [3.05, 3.63) is 33.7 Å². The number of hydrogen-bond acceptors (Lipinski definition) is 2. The smallest absolute Gasteiger partial charge is 0.112 e. The molecule has 0 fully saturated rings. The lowest BCUT2D eigenvalue weighted by Gasteiger charge is -1.94. The summed E-state index contributed by atoms with van der Waals surface area (Å²) in [6.45, 7) is 1.81. The van der Waals surface area contributed by atoms with Gasteiger partial charge in [-0.1, -0.05) is 17.7 Å². The van der Waals surface area contributed by atoms with Gasteiger partial charge in [0.2, 0.25) is 0 Å². The summed E-state index contributed by atoms with van der Waals surface area (Å²) in [5.41, 5.74) is 1.26. The van der Waals surface area contributed by atoms with E-state index in [9.17, 15) is 4.91 Å². The molecule has 0 aliphatic heterocycles. The van der Waals surface area contributed by atoms with Crippen LogP contribution in [0.4, 0.5) is 5.69 Å². The van der Waals surface area contributed by atoms with Crippen molar-refractivity contribution in [2.45, 2.75) is 6.92 Å². The average molecular weight is 156 g/mol. The van der Waals surface area contributed by atoms with Crippen LogP contribution in [0.5, 0.6) is 0 Å². The molecule has 1 rings (SSSR count). The Bertz CT molecular complexity index is 260. The molecule has 0 unspecified atom stereocenters. The molecule has 0 bridgehead atoms. The number of benzene rings is 1. The molecule has 0 aliphatic rings. The van der Waals surface area contributed by atoms with Crippen molar-refractivity contribution in [1.82, 2.24) is 0 Å². The minimum absolute atomic E-state index is 0.410. The van der Waals surface area contributed by atoms with Crippen LogP contribution in [0.2, 0.25) is 5.02 Å². The van der Waals surface area contributed by atoms with Gasteiger partial charge in [-0.2, -0.15) is 0 Å². The normalized spacial score (nSPS) is 9.40. The lowest BCUT2D eigenvalue weighted by Crippen LogP contribution is -1.71. The summed E-state index contributed by atoms with van der Waals surface area (Å²) in [5.74, 6) is 0. The van der Waals surface area contributed by atoms with Crippen LogP contribution in [0.3, 0.4) is 0 Å². The van der Waals surface area contributed by atoms with E-state index in [4.69, 9.17) is 11.6 Å². The highest BCUT2D eigenvalue weighted by molar-refractivity contribution is 6.30. The van der Waals surface area contributed by atoms with E-state index >= 15 is 0 Å². The Morgan fingerprint density at radius 3 is 2.70 bits per heavy atom.